The van der Waals surface area contributed by atoms with E-state index in [4.69, 9.17) is 9.47 Å². The highest BCUT2D eigenvalue weighted by molar-refractivity contribution is 5.90. The maximum atomic E-state index is 14.9. The number of methoxy groups -OCH3 is 1. The minimum absolute atomic E-state index is 0.185. The molecule has 0 aliphatic carbocycles. The molecule has 2 amide bonds. The first-order valence-electron chi connectivity index (χ1n) is 9.96. The second-order valence-corrected chi connectivity index (χ2v) is 7.92. The van der Waals surface area contributed by atoms with Gasteiger partial charge in [-0.15, -0.1) is 0 Å². The number of amides is 2. The zero-order valence-corrected chi connectivity index (χ0v) is 16.8. The Labute approximate surface area is 169 Å². The molecule has 1 N–H and O–H groups in total. The van der Waals surface area contributed by atoms with E-state index in [0.717, 1.165) is 26.2 Å². The summed E-state index contributed by atoms with van der Waals surface area (Å²) in [5.41, 5.74) is 1.04. The van der Waals surface area contributed by atoms with Gasteiger partial charge in [-0.3, -0.25) is 14.6 Å². The standard InChI is InChI=1S/C20H27FN4O4/c1-13(26)22-8-16-11-24(20(27)29-16)15-3-4-18(17(21)7-15)25-10-14-9-23(5-6-28-2)12-19(14)25/h3-4,7,14,16,19H,5-6,8-12H2,1-2H3,(H,22,26)/t14-,16-,19-/m0/s1. The van der Waals surface area contributed by atoms with Crippen molar-refractivity contribution >= 4 is 23.4 Å². The Morgan fingerprint density at radius 3 is 2.86 bits per heavy atom. The zero-order valence-electron chi connectivity index (χ0n) is 16.8. The van der Waals surface area contributed by atoms with Crippen LogP contribution < -0.4 is 15.1 Å². The largest absolute Gasteiger partial charge is 0.442 e. The summed E-state index contributed by atoms with van der Waals surface area (Å²) in [6, 6.07) is 5.21. The molecule has 3 fully saturated rings. The summed E-state index contributed by atoms with van der Waals surface area (Å²) in [4.78, 5) is 29.1. The van der Waals surface area contributed by atoms with Crippen LogP contribution in [0.25, 0.3) is 0 Å². The number of likely N-dealkylation sites (tertiary alicyclic amines) is 1. The molecule has 4 rings (SSSR count). The topological polar surface area (TPSA) is 74.3 Å². The number of hydrogen-bond acceptors (Lipinski definition) is 6. The molecular formula is C20H27FN4O4. The molecule has 8 nitrogen and oxygen atoms in total. The van der Waals surface area contributed by atoms with Gasteiger partial charge in [0.05, 0.1) is 31.1 Å². The Morgan fingerprint density at radius 1 is 1.31 bits per heavy atom. The third kappa shape index (κ3) is 4.02. The number of carbonyl (C=O) groups is 2. The molecule has 3 atom stereocenters. The third-order valence-electron chi connectivity index (χ3n) is 5.93. The summed E-state index contributed by atoms with van der Waals surface area (Å²) in [6.07, 6.45) is -0.969. The van der Waals surface area contributed by atoms with Gasteiger partial charge in [0.2, 0.25) is 5.91 Å². The van der Waals surface area contributed by atoms with E-state index in [2.05, 4.69) is 15.1 Å². The van der Waals surface area contributed by atoms with Gasteiger partial charge in [0.1, 0.15) is 11.9 Å². The molecule has 1 aromatic rings. The van der Waals surface area contributed by atoms with Crippen molar-refractivity contribution in [3.05, 3.63) is 24.0 Å². The van der Waals surface area contributed by atoms with Gasteiger partial charge in [0, 0.05) is 52.2 Å². The van der Waals surface area contributed by atoms with Crippen LogP contribution >= 0.6 is 0 Å². The number of cyclic esters (lactones) is 1. The zero-order chi connectivity index (χ0) is 20.5. The van der Waals surface area contributed by atoms with E-state index in [0.29, 0.717) is 29.9 Å². The smallest absolute Gasteiger partial charge is 0.414 e. The SMILES string of the molecule is COCCN1C[C@H]2CN(c3ccc(N4C[C@H](CNC(C)=O)OC4=O)cc3F)[C@H]2C1. The van der Waals surface area contributed by atoms with Crippen molar-refractivity contribution in [3.63, 3.8) is 0 Å². The fourth-order valence-electron chi connectivity index (χ4n) is 4.40. The molecule has 0 aromatic heterocycles. The number of nitrogens with one attached hydrogen (secondary N) is 1. The van der Waals surface area contributed by atoms with Gasteiger partial charge in [-0.2, -0.15) is 0 Å². The third-order valence-corrected chi connectivity index (χ3v) is 5.93. The van der Waals surface area contributed by atoms with E-state index in [-0.39, 0.29) is 24.8 Å². The Balaban J connectivity index is 1.39. The fraction of sp³-hybridized carbons (Fsp3) is 0.600. The lowest BCUT2D eigenvalue weighted by Crippen LogP contribution is -2.56. The number of benzene rings is 1. The normalized spacial score (nSPS) is 26.3. The summed E-state index contributed by atoms with van der Waals surface area (Å²) in [5, 5.41) is 2.63. The van der Waals surface area contributed by atoms with Gasteiger partial charge in [0.15, 0.2) is 0 Å². The minimum atomic E-state index is -0.527. The Hall–Kier alpha value is -2.39. The number of rotatable bonds is 7. The van der Waals surface area contributed by atoms with Crippen LogP contribution in [0.5, 0.6) is 0 Å². The summed E-state index contributed by atoms with van der Waals surface area (Å²) >= 11 is 0. The second kappa shape index (κ2) is 8.16. The fourth-order valence-corrected chi connectivity index (χ4v) is 4.40. The lowest BCUT2D eigenvalue weighted by molar-refractivity contribution is -0.119. The van der Waals surface area contributed by atoms with E-state index >= 15 is 0 Å². The van der Waals surface area contributed by atoms with Crippen molar-refractivity contribution in [2.45, 2.75) is 19.1 Å². The van der Waals surface area contributed by atoms with Crippen LogP contribution in [0.3, 0.4) is 0 Å². The van der Waals surface area contributed by atoms with Gasteiger partial charge in [-0.1, -0.05) is 0 Å². The number of carbonyl (C=O) groups excluding carboxylic acids is 2. The average molecular weight is 406 g/mol. The predicted octanol–water partition coefficient (Wildman–Crippen LogP) is 1.05. The molecule has 3 heterocycles. The molecule has 3 aliphatic rings. The van der Waals surface area contributed by atoms with Crippen LogP contribution in [0, 0.1) is 11.7 Å². The summed E-state index contributed by atoms with van der Waals surface area (Å²) < 4.78 is 25.3. The highest BCUT2D eigenvalue weighted by Gasteiger charge is 2.46. The maximum absolute atomic E-state index is 14.9. The van der Waals surface area contributed by atoms with Gasteiger partial charge < -0.3 is 19.7 Å². The number of halogens is 1. The summed E-state index contributed by atoms with van der Waals surface area (Å²) in [7, 11) is 1.70. The molecule has 3 saturated heterocycles. The Kier molecular flexibility index (Phi) is 5.60. The highest BCUT2D eigenvalue weighted by atomic mass is 19.1. The van der Waals surface area contributed by atoms with Crippen LogP contribution in [0.4, 0.5) is 20.6 Å². The number of nitrogens with zero attached hydrogens (tertiary/aromatic N) is 3. The second-order valence-electron chi connectivity index (χ2n) is 7.92. The Bertz CT molecular complexity index is 792. The van der Waals surface area contributed by atoms with Crippen LogP contribution in [0.1, 0.15) is 6.92 Å². The van der Waals surface area contributed by atoms with Crippen LogP contribution in [-0.4, -0.2) is 82.0 Å². The van der Waals surface area contributed by atoms with Crippen molar-refractivity contribution in [3.8, 4) is 0 Å². The quantitative estimate of drug-likeness (QED) is 0.730. The lowest BCUT2D eigenvalue weighted by atomic mass is 9.91. The van der Waals surface area contributed by atoms with Crippen LogP contribution in [0.15, 0.2) is 18.2 Å². The monoisotopic (exact) mass is 406 g/mol. The summed E-state index contributed by atoms with van der Waals surface area (Å²) in [6.45, 7) is 6.32. The molecule has 1 aromatic carbocycles. The van der Waals surface area contributed by atoms with Crippen molar-refractivity contribution in [1.82, 2.24) is 10.2 Å². The number of ether oxygens (including phenoxy) is 2. The van der Waals surface area contributed by atoms with Crippen LogP contribution in [-0.2, 0) is 14.3 Å². The molecule has 29 heavy (non-hydrogen) atoms. The first-order chi connectivity index (χ1) is 14.0. The maximum Gasteiger partial charge on any atom is 0.414 e. The molecule has 3 aliphatic heterocycles. The molecular weight excluding hydrogens is 379 g/mol. The molecule has 0 unspecified atom stereocenters. The van der Waals surface area contributed by atoms with Crippen molar-refractivity contribution < 1.29 is 23.5 Å². The minimum Gasteiger partial charge on any atom is -0.442 e. The van der Waals surface area contributed by atoms with E-state index in [1.54, 1.807) is 19.2 Å². The lowest BCUT2D eigenvalue weighted by Gasteiger charge is -2.45. The van der Waals surface area contributed by atoms with Crippen molar-refractivity contribution in [2.75, 3.05) is 62.8 Å². The number of fused-ring (bicyclic) bond motifs is 1. The molecule has 0 radical (unpaired) electrons. The molecule has 0 bridgehead atoms. The van der Waals surface area contributed by atoms with Gasteiger partial charge in [-0.25, -0.2) is 9.18 Å². The van der Waals surface area contributed by atoms with E-state index < -0.39 is 12.2 Å². The highest BCUT2D eigenvalue weighted by Crippen LogP contribution is 2.38. The van der Waals surface area contributed by atoms with Crippen LogP contribution in [0.2, 0.25) is 0 Å². The van der Waals surface area contributed by atoms with Gasteiger partial charge in [-0.05, 0) is 18.2 Å². The molecule has 0 saturated carbocycles. The number of hydrogen-bond donors (Lipinski definition) is 1. The van der Waals surface area contributed by atoms with E-state index in [1.165, 1.54) is 17.9 Å². The first-order valence-corrected chi connectivity index (χ1v) is 9.96. The summed E-state index contributed by atoms with van der Waals surface area (Å²) in [5.74, 6) is 0.0406. The van der Waals surface area contributed by atoms with E-state index in [9.17, 15) is 14.0 Å². The first kappa shape index (κ1) is 19.9. The van der Waals surface area contributed by atoms with Gasteiger partial charge >= 0.3 is 6.09 Å². The Morgan fingerprint density at radius 2 is 2.14 bits per heavy atom. The average Bonchev–Trinajstić information content (AvgIpc) is 3.20. The number of anilines is 2. The van der Waals surface area contributed by atoms with Crippen molar-refractivity contribution in [1.29, 1.82) is 0 Å². The van der Waals surface area contributed by atoms with Crippen molar-refractivity contribution in [2.24, 2.45) is 5.92 Å². The molecule has 0 spiro atoms. The van der Waals surface area contributed by atoms with Gasteiger partial charge in [0.25, 0.3) is 0 Å². The van der Waals surface area contributed by atoms with E-state index in [1.807, 2.05) is 0 Å². The molecule has 9 heteroatoms. The molecule has 158 valence electrons. The predicted molar refractivity (Wildman–Crippen MR) is 106 cm³/mol.